The molecule has 0 aromatic heterocycles. The first-order valence-corrected chi connectivity index (χ1v) is 13.6. The fraction of sp³-hybridized carbons (Fsp3) is 0.257. The van der Waals surface area contributed by atoms with Gasteiger partial charge in [-0.25, -0.2) is 0 Å². The molecule has 3 aliphatic rings. The molecule has 202 valence electrons. The molecule has 0 saturated carbocycles. The number of benzene rings is 4. The molecule has 7 rings (SSSR count). The lowest BCUT2D eigenvalue weighted by Crippen LogP contribution is -2.43. The first kappa shape index (κ1) is 25.0. The van der Waals surface area contributed by atoms with E-state index in [0.29, 0.717) is 0 Å². The summed E-state index contributed by atoms with van der Waals surface area (Å²) in [5.41, 5.74) is 12.8. The number of ether oxygens (including phenoxy) is 1. The van der Waals surface area contributed by atoms with E-state index in [0.717, 1.165) is 11.1 Å². The number of para-hydroxylation sites is 2. The number of halogens is 3. The molecule has 0 bridgehead atoms. The minimum Gasteiger partial charge on any atom is -0.428 e. The number of rotatable bonds is 3. The van der Waals surface area contributed by atoms with Gasteiger partial charge in [-0.05, 0) is 68.8 Å². The van der Waals surface area contributed by atoms with Crippen LogP contribution in [0.3, 0.4) is 0 Å². The molecule has 0 atom stereocenters. The Morgan fingerprint density at radius 3 is 1.38 bits per heavy atom. The molecular formula is C35H30F3NO. The fourth-order valence-electron chi connectivity index (χ4n) is 7.21. The van der Waals surface area contributed by atoms with Crippen molar-refractivity contribution in [2.75, 3.05) is 4.90 Å². The van der Waals surface area contributed by atoms with Gasteiger partial charge in [-0.3, -0.25) is 0 Å². The highest BCUT2D eigenvalue weighted by Crippen LogP contribution is 2.66. The Labute approximate surface area is 232 Å². The third-order valence-electron chi connectivity index (χ3n) is 9.44. The molecule has 0 unspecified atom stereocenters. The zero-order chi connectivity index (χ0) is 28.4. The standard InChI is InChI=1S/C35H30F3NO/c1-33(2)22-9-7-11-24-28(22)39-29-23(33)10-8-12-25(29)35(5,6)27-18-20(17-26(30(27)39)34(24,3)4)19-13-15-21(16-14-19)40-32(38)31(36)37/h7-18H,1-6H3. The predicted molar refractivity (Wildman–Crippen MR) is 154 cm³/mol. The van der Waals surface area contributed by atoms with E-state index >= 15 is 0 Å². The average molecular weight is 538 g/mol. The van der Waals surface area contributed by atoms with Gasteiger partial charge in [-0.15, -0.1) is 0 Å². The van der Waals surface area contributed by atoms with Gasteiger partial charge in [0, 0.05) is 16.2 Å². The number of nitrogens with zero attached hydrogens (tertiary/aromatic N) is 1. The average Bonchev–Trinajstić information content (AvgIpc) is 2.92. The third-order valence-corrected chi connectivity index (χ3v) is 9.44. The molecular weight excluding hydrogens is 507 g/mol. The van der Waals surface area contributed by atoms with Gasteiger partial charge in [0.25, 0.3) is 0 Å². The Morgan fingerprint density at radius 2 is 0.950 bits per heavy atom. The Balaban J connectivity index is 1.50. The summed E-state index contributed by atoms with van der Waals surface area (Å²) in [5, 5.41) is 0. The number of hydrogen-bond acceptors (Lipinski definition) is 2. The molecule has 0 fully saturated rings. The summed E-state index contributed by atoms with van der Waals surface area (Å²) in [6.45, 7) is 13.9. The smallest absolute Gasteiger partial charge is 0.344 e. The summed E-state index contributed by atoms with van der Waals surface area (Å²) >= 11 is 0. The van der Waals surface area contributed by atoms with Crippen LogP contribution in [0.25, 0.3) is 11.1 Å². The van der Waals surface area contributed by atoms with E-state index < -0.39 is 12.1 Å². The van der Waals surface area contributed by atoms with Crippen LogP contribution in [-0.2, 0) is 16.2 Å². The van der Waals surface area contributed by atoms with Crippen LogP contribution in [0.5, 0.6) is 5.75 Å². The van der Waals surface area contributed by atoms with E-state index in [9.17, 15) is 13.2 Å². The van der Waals surface area contributed by atoms with Crippen LogP contribution < -0.4 is 9.64 Å². The molecule has 0 saturated heterocycles. The molecule has 4 aromatic rings. The molecule has 2 nitrogen and oxygen atoms in total. The monoisotopic (exact) mass is 537 g/mol. The van der Waals surface area contributed by atoms with Crippen molar-refractivity contribution >= 4 is 17.1 Å². The summed E-state index contributed by atoms with van der Waals surface area (Å²) in [6, 6.07) is 22.7. The highest BCUT2D eigenvalue weighted by molar-refractivity contribution is 5.99. The second-order valence-electron chi connectivity index (χ2n) is 12.7. The number of anilines is 3. The van der Waals surface area contributed by atoms with Gasteiger partial charge >= 0.3 is 12.1 Å². The highest BCUT2D eigenvalue weighted by atomic mass is 19.3. The van der Waals surface area contributed by atoms with E-state index in [1.807, 2.05) is 0 Å². The van der Waals surface area contributed by atoms with Crippen molar-refractivity contribution in [3.05, 3.63) is 118 Å². The van der Waals surface area contributed by atoms with Gasteiger partial charge in [-0.2, -0.15) is 13.2 Å². The quantitative estimate of drug-likeness (QED) is 0.241. The Hall–Kier alpha value is -3.99. The molecule has 0 amide bonds. The third kappa shape index (κ3) is 3.06. The van der Waals surface area contributed by atoms with Crippen molar-refractivity contribution < 1.29 is 17.9 Å². The predicted octanol–water partition coefficient (Wildman–Crippen LogP) is 10.2. The van der Waals surface area contributed by atoms with E-state index in [2.05, 4.69) is 99.7 Å². The van der Waals surface area contributed by atoms with Crippen LogP contribution >= 0.6 is 0 Å². The van der Waals surface area contributed by atoms with Crippen molar-refractivity contribution in [1.82, 2.24) is 0 Å². The molecule has 5 heteroatoms. The maximum absolute atomic E-state index is 13.4. The molecule has 0 N–H and O–H groups in total. The molecule has 3 aliphatic heterocycles. The molecule has 0 spiro atoms. The number of hydrogen-bond donors (Lipinski definition) is 0. The minimum absolute atomic E-state index is 0.0212. The Kier molecular flexibility index (Phi) is 4.88. The van der Waals surface area contributed by atoms with Gasteiger partial charge in [0.1, 0.15) is 5.75 Å². The Bertz CT molecular complexity index is 1680. The Morgan fingerprint density at radius 1 is 0.550 bits per heavy atom. The van der Waals surface area contributed by atoms with Crippen molar-refractivity contribution in [3.63, 3.8) is 0 Å². The summed E-state index contributed by atoms with van der Waals surface area (Å²) < 4.78 is 43.1. The zero-order valence-corrected chi connectivity index (χ0v) is 23.4. The molecule has 0 aliphatic carbocycles. The first-order valence-electron chi connectivity index (χ1n) is 13.6. The molecule has 3 heterocycles. The van der Waals surface area contributed by atoms with Crippen molar-refractivity contribution in [2.45, 2.75) is 57.8 Å². The van der Waals surface area contributed by atoms with E-state index in [1.54, 1.807) is 12.1 Å². The van der Waals surface area contributed by atoms with Crippen LogP contribution in [0, 0.1) is 0 Å². The van der Waals surface area contributed by atoms with E-state index in [1.165, 1.54) is 62.6 Å². The SMILES string of the molecule is CC1(C)c2cccc3c2N2c4c1cccc4C(C)(C)c1cc(-c4ccc(OC(F)=C(F)F)cc4)cc(c12)C3(C)C. The van der Waals surface area contributed by atoms with Crippen molar-refractivity contribution in [3.8, 4) is 16.9 Å². The lowest BCUT2D eigenvalue weighted by Gasteiger charge is -2.55. The van der Waals surface area contributed by atoms with Crippen molar-refractivity contribution in [1.29, 1.82) is 0 Å². The second-order valence-corrected chi connectivity index (χ2v) is 12.7. The first-order chi connectivity index (χ1) is 18.8. The van der Waals surface area contributed by atoms with Gasteiger partial charge in [-0.1, -0.05) is 90.1 Å². The van der Waals surface area contributed by atoms with Gasteiger partial charge < -0.3 is 9.64 Å². The van der Waals surface area contributed by atoms with E-state index in [4.69, 9.17) is 0 Å². The van der Waals surface area contributed by atoms with Gasteiger partial charge in [0.15, 0.2) is 0 Å². The van der Waals surface area contributed by atoms with Gasteiger partial charge in [0.2, 0.25) is 0 Å². The molecule has 4 aromatic carbocycles. The summed E-state index contributed by atoms with van der Waals surface area (Å²) in [7, 11) is 0. The normalized spacial score (nSPS) is 17.7. The summed E-state index contributed by atoms with van der Waals surface area (Å²) in [4.78, 5) is 2.52. The lowest BCUT2D eigenvalue weighted by molar-refractivity contribution is 0.241. The van der Waals surface area contributed by atoms with Crippen LogP contribution in [0.1, 0.15) is 74.9 Å². The highest BCUT2D eigenvalue weighted by Gasteiger charge is 2.51. The summed E-state index contributed by atoms with van der Waals surface area (Å²) in [5.74, 6) is 0.0212. The molecule has 40 heavy (non-hydrogen) atoms. The minimum atomic E-state index is -2.48. The lowest BCUT2D eigenvalue weighted by atomic mass is 9.60. The van der Waals surface area contributed by atoms with Crippen LogP contribution in [0.2, 0.25) is 0 Å². The fourth-order valence-corrected chi connectivity index (χ4v) is 7.21. The zero-order valence-electron chi connectivity index (χ0n) is 23.4. The van der Waals surface area contributed by atoms with Crippen molar-refractivity contribution in [2.24, 2.45) is 0 Å². The second kappa shape index (κ2) is 7.81. The van der Waals surface area contributed by atoms with Crippen LogP contribution in [0.4, 0.5) is 30.2 Å². The topological polar surface area (TPSA) is 12.5 Å². The summed E-state index contributed by atoms with van der Waals surface area (Å²) in [6.07, 6.45) is -2.48. The maximum atomic E-state index is 13.4. The molecule has 0 radical (unpaired) electrons. The van der Waals surface area contributed by atoms with Crippen LogP contribution in [0.15, 0.2) is 84.9 Å². The van der Waals surface area contributed by atoms with E-state index in [-0.39, 0.29) is 22.0 Å². The largest absolute Gasteiger partial charge is 0.428 e. The van der Waals surface area contributed by atoms with Crippen LogP contribution in [-0.4, -0.2) is 0 Å². The van der Waals surface area contributed by atoms with Gasteiger partial charge in [0.05, 0.1) is 17.1 Å². The maximum Gasteiger partial charge on any atom is 0.344 e.